The van der Waals surface area contributed by atoms with E-state index in [1.807, 2.05) is 0 Å². The van der Waals surface area contributed by atoms with Gasteiger partial charge in [-0.25, -0.2) is 4.39 Å². The lowest BCUT2D eigenvalue weighted by Gasteiger charge is -2.28. The van der Waals surface area contributed by atoms with Crippen LogP contribution >= 0.6 is 28.1 Å². The summed E-state index contributed by atoms with van der Waals surface area (Å²) in [5.74, 6) is -0.781. The summed E-state index contributed by atoms with van der Waals surface area (Å²) in [5, 5.41) is 2.40. The fourth-order valence-electron chi connectivity index (χ4n) is 2.67. The lowest BCUT2D eigenvalue weighted by Crippen LogP contribution is -2.54. The van der Waals surface area contributed by atoms with Crippen LogP contribution in [0.2, 0.25) is 0 Å². The molecule has 0 saturated carbocycles. The Hall–Kier alpha value is -2.78. The number of hydrogen-bond donors (Lipinski definition) is 1. The summed E-state index contributed by atoms with van der Waals surface area (Å²) in [6.45, 7) is 0. The first kappa shape index (κ1) is 20.0. The van der Waals surface area contributed by atoms with Gasteiger partial charge in [-0.2, -0.15) is 0 Å². The molecule has 2 amide bonds. The van der Waals surface area contributed by atoms with E-state index in [2.05, 4.69) is 21.2 Å². The topological polar surface area (TPSA) is 67.9 Å². The molecule has 1 fully saturated rings. The molecule has 0 spiro atoms. The fourth-order valence-corrected chi connectivity index (χ4v) is 3.57. The van der Waals surface area contributed by atoms with Gasteiger partial charge in [0.1, 0.15) is 11.4 Å². The van der Waals surface area contributed by atoms with Gasteiger partial charge in [0.2, 0.25) is 0 Å². The molecule has 0 atom stereocenters. The van der Waals surface area contributed by atoms with Crippen molar-refractivity contribution in [2.75, 3.05) is 19.1 Å². The Kier molecular flexibility index (Phi) is 5.76. The first-order valence-electron chi connectivity index (χ1n) is 7.94. The minimum atomic E-state index is -0.626. The van der Waals surface area contributed by atoms with Crippen LogP contribution in [0.3, 0.4) is 0 Å². The van der Waals surface area contributed by atoms with E-state index in [1.165, 1.54) is 44.6 Å². The Morgan fingerprint density at radius 2 is 1.82 bits per heavy atom. The van der Waals surface area contributed by atoms with Gasteiger partial charge in [0.15, 0.2) is 16.6 Å². The molecule has 0 radical (unpaired) electrons. The molecule has 0 aliphatic carbocycles. The molecule has 0 bridgehead atoms. The second kappa shape index (κ2) is 8.07. The van der Waals surface area contributed by atoms with Crippen LogP contribution in [-0.2, 0) is 9.59 Å². The number of anilines is 1. The summed E-state index contributed by atoms with van der Waals surface area (Å²) >= 11 is 8.49. The highest BCUT2D eigenvalue weighted by Gasteiger charge is 2.34. The summed E-state index contributed by atoms with van der Waals surface area (Å²) in [6.07, 6.45) is 1.42. The highest BCUT2D eigenvalue weighted by atomic mass is 79.9. The van der Waals surface area contributed by atoms with E-state index in [1.54, 1.807) is 12.1 Å². The molecule has 1 heterocycles. The highest BCUT2D eigenvalue weighted by Crippen LogP contribution is 2.37. The summed E-state index contributed by atoms with van der Waals surface area (Å²) in [7, 11) is 2.98. The predicted octanol–water partition coefficient (Wildman–Crippen LogP) is 3.44. The van der Waals surface area contributed by atoms with Crippen molar-refractivity contribution in [1.82, 2.24) is 5.32 Å². The van der Waals surface area contributed by atoms with Gasteiger partial charge in [0.25, 0.3) is 11.8 Å². The first-order valence-corrected chi connectivity index (χ1v) is 9.14. The maximum atomic E-state index is 13.2. The van der Waals surface area contributed by atoms with E-state index in [0.717, 1.165) is 4.90 Å². The number of halogens is 2. The van der Waals surface area contributed by atoms with Gasteiger partial charge in [-0.05, 0) is 76.2 Å². The van der Waals surface area contributed by atoms with Gasteiger partial charge in [-0.3, -0.25) is 19.8 Å². The smallest absolute Gasteiger partial charge is 0.270 e. The number of nitrogens with one attached hydrogen (secondary N) is 1. The van der Waals surface area contributed by atoms with Gasteiger partial charge < -0.3 is 9.47 Å². The molecule has 1 N–H and O–H groups in total. The minimum Gasteiger partial charge on any atom is -0.493 e. The number of methoxy groups -OCH3 is 2. The Morgan fingerprint density at radius 3 is 2.43 bits per heavy atom. The third-order valence-corrected chi connectivity index (χ3v) is 4.83. The maximum Gasteiger partial charge on any atom is 0.270 e. The zero-order valence-electron chi connectivity index (χ0n) is 14.8. The van der Waals surface area contributed by atoms with E-state index in [-0.39, 0.29) is 10.7 Å². The number of carbonyl (C=O) groups excluding carboxylic acids is 2. The van der Waals surface area contributed by atoms with Gasteiger partial charge in [0.05, 0.1) is 24.4 Å². The molecule has 0 aromatic heterocycles. The van der Waals surface area contributed by atoms with E-state index in [9.17, 15) is 14.0 Å². The third kappa shape index (κ3) is 3.76. The average molecular weight is 465 g/mol. The average Bonchev–Trinajstić information content (AvgIpc) is 2.66. The Morgan fingerprint density at radius 1 is 1.14 bits per heavy atom. The Labute approximate surface area is 174 Å². The molecule has 0 unspecified atom stereocenters. The zero-order chi connectivity index (χ0) is 20.4. The first-order chi connectivity index (χ1) is 13.3. The Balaban J connectivity index is 2.04. The number of benzene rings is 2. The molecule has 144 valence electrons. The van der Waals surface area contributed by atoms with Crippen molar-refractivity contribution in [3.63, 3.8) is 0 Å². The van der Waals surface area contributed by atoms with Crippen molar-refractivity contribution in [2.24, 2.45) is 0 Å². The van der Waals surface area contributed by atoms with Crippen molar-refractivity contribution in [3.8, 4) is 11.5 Å². The van der Waals surface area contributed by atoms with Crippen LogP contribution in [0.1, 0.15) is 5.56 Å². The second-order valence-corrected chi connectivity index (χ2v) is 6.91. The van der Waals surface area contributed by atoms with Crippen molar-refractivity contribution < 1.29 is 23.5 Å². The molecule has 2 aromatic rings. The lowest BCUT2D eigenvalue weighted by atomic mass is 10.1. The molecule has 28 heavy (non-hydrogen) atoms. The van der Waals surface area contributed by atoms with E-state index in [4.69, 9.17) is 21.7 Å². The number of carbonyl (C=O) groups is 2. The van der Waals surface area contributed by atoms with Crippen LogP contribution < -0.4 is 19.7 Å². The summed E-state index contributed by atoms with van der Waals surface area (Å²) < 4.78 is 24.3. The molecule has 6 nitrogen and oxygen atoms in total. The molecular formula is C19H14BrFN2O4S. The number of thiocarbonyl (C=S) groups is 1. The molecule has 1 aliphatic heterocycles. The highest BCUT2D eigenvalue weighted by molar-refractivity contribution is 9.10. The molecule has 1 saturated heterocycles. The summed E-state index contributed by atoms with van der Waals surface area (Å²) in [5.41, 5.74) is 0.753. The SMILES string of the molecule is COc1cc(/C=C2\C(=O)NC(=S)N(c3ccc(F)cc3)C2=O)cc(Br)c1OC. The molecule has 2 aromatic carbocycles. The van der Waals surface area contributed by atoms with Gasteiger partial charge in [0, 0.05) is 0 Å². The zero-order valence-corrected chi connectivity index (χ0v) is 17.2. The van der Waals surface area contributed by atoms with Crippen molar-refractivity contribution >= 4 is 56.8 Å². The molecule has 9 heteroatoms. The second-order valence-electron chi connectivity index (χ2n) is 5.67. The van der Waals surface area contributed by atoms with Crippen molar-refractivity contribution in [1.29, 1.82) is 0 Å². The van der Waals surface area contributed by atoms with Gasteiger partial charge in [-0.1, -0.05) is 0 Å². The van der Waals surface area contributed by atoms with Crippen LogP contribution in [0.15, 0.2) is 46.4 Å². The largest absolute Gasteiger partial charge is 0.493 e. The maximum absolute atomic E-state index is 13.2. The van der Waals surface area contributed by atoms with Crippen LogP contribution in [0.5, 0.6) is 11.5 Å². The third-order valence-electron chi connectivity index (χ3n) is 3.95. The predicted molar refractivity (Wildman–Crippen MR) is 110 cm³/mol. The summed E-state index contributed by atoms with van der Waals surface area (Å²) in [6, 6.07) is 8.53. The number of nitrogens with zero attached hydrogens (tertiary/aromatic N) is 1. The molecular weight excluding hydrogens is 451 g/mol. The Bertz CT molecular complexity index is 1010. The number of rotatable bonds is 4. The van der Waals surface area contributed by atoms with Crippen LogP contribution in [0.25, 0.3) is 6.08 Å². The standard InChI is InChI=1S/C19H14BrFN2O4S/c1-26-15-9-10(8-14(20)16(15)27-2)7-13-17(24)22-19(28)23(18(13)25)12-5-3-11(21)4-6-12/h3-9H,1-2H3,(H,22,24,28)/b13-7+. The van der Waals surface area contributed by atoms with E-state index in [0.29, 0.717) is 27.2 Å². The van der Waals surface area contributed by atoms with Crippen LogP contribution in [-0.4, -0.2) is 31.1 Å². The van der Waals surface area contributed by atoms with Crippen LogP contribution in [0, 0.1) is 5.82 Å². The molecule has 1 aliphatic rings. The van der Waals surface area contributed by atoms with Crippen molar-refractivity contribution in [2.45, 2.75) is 0 Å². The van der Waals surface area contributed by atoms with Crippen LogP contribution in [0.4, 0.5) is 10.1 Å². The van der Waals surface area contributed by atoms with E-state index < -0.39 is 17.6 Å². The number of amides is 2. The van der Waals surface area contributed by atoms with E-state index >= 15 is 0 Å². The summed E-state index contributed by atoms with van der Waals surface area (Å²) in [4.78, 5) is 26.5. The van der Waals surface area contributed by atoms with Gasteiger partial charge >= 0.3 is 0 Å². The van der Waals surface area contributed by atoms with Gasteiger partial charge in [-0.15, -0.1) is 0 Å². The number of hydrogen-bond acceptors (Lipinski definition) is 5. The van der Waals surface area contributed by atoms with Crippen molar-refractivity contribution in [3.05, 3.63) is 57.8 Å². The quantitative estimate of drug-likeness (QED) is 0.426. The minimum absolute atomic E-state index is 0.0766. The normalized spacial score (nSPS) is 15.6. The number of ether oxygens (including phenoxy) is 2. The monoisotopic (exact) mass is 464 g/mol. The molecule has 3 rings (SSSR count). The fraction of sp³-hybridized carbons (Fsp3) is 0.105. The lowest BCUT2D eigenvalue weighted by molar-refractivity contribution is -0.122.